The van der Waals surface area contributed by atoms with Gasteiger partial charge in [-0.2, -0.15) is 0 Å². The zero-order valence-electron chi connectivity index (χ0n) is 8.12. The van der Waals surface area contributed by atoms with Crippen LogP contribution in [0.25, 0.3) is 0 Å². The minimum Gasteiger partial charge on any atom is -0.395 e. The number of nitrogens with zero attached hydrogens (tertiary/aromatic N) is 1. The molecule has 0 atom stereocenters. The van der Waals surface area contributed by atoms with Crippen LogP contribution in [0.2, 0.25) is 0 Å². The number of hydrogen-bond acceptors (Lipinski definition) is 2. The van der Waals surface area contributed by atoms with Crippen LogP contribution in [0.5, 0.6) is 0 Å². The first-order chi connectivity index (χ1) is 6.26. The third-order valence-electron chi connectivity index (χ3n) is 1.53. The fourth-order valence-corrected chi connectivity index (χ4v) is 0.896. The van der Waals surface area contributed by atoms with Gasteiger partial charge in [-0.3, -0.25) is 0 Å². The van der Waals surface area contributed by atoms with Crippen molar-refractivity contribution < 1.29 is 9.90 Å². The second kappa shape index (κ2) is 7.61. The fraction of sp³-hybridized carbons (Fsp3) is 0.667. The van der Waals surface area contributed by atoms with E-state index in [1.54, 1.807) is 6.08 Å². The number of carbonyl (C=O) groups is 1. The number of amides is 2. The van der Waals surface area contributed by atoms with Crippen molar-refractivity contribution >= 4 is 6.03 Å². The van der Waals surface area contributed by atoms with Crippen LogP contribution < -0.4 is 5.32 Å². The summed E-state index contributed by atoms with van der Waals surface area (Å²) in [6, 6.07) is -0.143. The standard InChI is InChI=1S/C9H18N2O2/c1-3-5-10-9(13)11(6-4-2)7-8-12/h4,12H,2-3,5-8H2,1H3,(H,10,13). The number of nitrogens with one attached hydrogen (secondary N) is 1. The minimum atomic E-state index is -0.143. The molecule has 0 heterocycles. The molecular formula is C9H18N2O2. The van der Waals surface area contributed by atoms with E-state index in [0.717, 1.165) is 6.42 Å². The minimum absolute atomic E-state index is 0.0205. The Kier molecular flexibility index (Phi) is 7.01. The van der Waals surface area contributed by atoms with Crippen molar-refractivity contribution in [1.29, 1.82) is 0 Å². The average molecular weight is 186 g/mol. The molecule has 0 radical (unpaired) electrons. The van der Waals surface area contributed by atoms with Crippen LogP contribution >= 0.6 is 0 Å². The molecule has 0 bridgehead atoms. The van der Waals surface area contributed by atoms with Crippen molar-refractivity contribution in [1.82, 2.24) is 10.2 Å². The molecule has 13 heavy (non-hydrogen) atoms. The van der Waals surface area contributed by atoms with Crippen LogP contribution in [0.4, 0.5) is 4.79 Å². The van der Waals surface area contributed by atoms with Crippen LogP contribution in [0.15, 0.2) is 12.7 Å². The highest BCUT2D eigenvalue weighted by atomic mass is 16.3. The van der Waals surface area contributed by atoms with E-state index in [1.807, 2.05) is 6.92 Å². The molecule has 0 aromatic carbocycles. The highest BCUT2D eigenvalue weighted by Crippen LogP contribution is 1.89. The van der Waals surface area contributed by atoms with Crippen LogP contribution in [0.1, 0.15) is 13.3 Å². The maximum Gasteiger partial charge on any atom is 0.317 e. The van der Waals surface area contributed by atoms with E-state index in [0.29, 0.717) is 19.6 Å². The van der Waals surface area contributed by atoms with E-state index in [4.69, 9.17) is 5.11 Å². The molecule has 0 unspecified atom stereocenters. The number of aliphatic hydroxyl groups is 1. The smallest absolute Gasteiger partial charge is 0.317 e. The summed E-state index contributed by atoms with van der Waals surface area (Å²) in [5.41, 5.74) is 0. The predicted octanol–water partition coefficient (Wildman–Crippen LogP) is 0.586. The second-order valence-electron chi connectivity index (χ2n) is 2.69. The third-order valence-corrected chi connectivity index (χ3v) is 1.53. The molecule has 4 nitrogen and oxygen atoms in total. The van der Waals surface area contributed by atoms with Crippen molar-refractivity contribution in [2.24, 2.45) is 0 Å². The number of aliphatic hydroxyl groups excluding tert-OH is 1. The van der Waals surface area contributed by atoms with Crippen LogP contribution in [-0.4, -0.2) is 42.3 Å². The summed E-state index contributed by atoms with van der Waals surface area (Å²) in [6.07, 6.45) is 2.55. The molecule has 0 aliphatic rings. The van der Waals surface area contributed by atoms with Gasteiger partial charge in [-0.15, -0.1) is 6.58 Å². The van der Waals surface area contributed by atoms with Crippen molar-refractivity contribution in [3.63, 3.8) is 0 Å². The van der Waals surface area contributed by atoms with Crippen LogP contribution in [-0.2, 0) is 0 Å². The summed E-state index contributed by atoms with van der Waals surface area (Å²) >= 11 is 0. The molecule has 2 N–H and O–H groups in total. The van der Waals surface area contributed by atoms with Gasteiger partial charge in [-0.25, -0.2) is 4.79 Å². The number of rotatable bonds is 6. The number of hydrogen-bond donors (Lipinski definition) is 2. The molecule has 0 aromatic heterocycles. The van der Waals surface area contributed by atoms with Crippen LogP contribution in [0.3, 0.4) is 0 Å². The van der Waals surface area contributed by atoms with Gasteiger partial charge in [-0.1, -0.05) is 13.0 Å². The molecule has 0 saturated carbocycles. The largest absolute Gasteiger partial charge is 0.395 e. The monoisotopic (exact) mass is 186 g/mol. The maximum absolute atomic E-state index is 11.3. The van der Waals surface area contributed by atoms with E-state index in [9.17, 15) is 4.79 Å². The first kappa shape index (κ1) is 12.0. The molecular weight excluding hydrogens is 168 g/mol. The summed E-state index contributed by atoms with van der Waals surface area (Å²) in [5.74, 6) is 0. The number of urea groups is 1. The zero-order valence-corrected chi connectivity index (χ0v) is 8.12. The molecule has 0 spiro atoms. The van der Waals surface area contributed by atoms with Crippen molar-refractivity contribution in [3.8, 4) is 0 Å². The lowest BCUT2D eigenvalue weighted by Crippen LogP contribution is -2.41. The summed E-state index contributed by atoms with van der Waals surface area (Å²) in [6.45, 7) is 6.99. The average Bonchev–Trinajstić information content (AvgIpc) is 2.14. The molecule has 0 aromatic rings. The number of carbonyl (C=O) groups excluding carboxylic acids is 1. The van der Waals surface area contributed by atoms with E-state index >= 15 is 0 Å². The lowest BCUT2D eigenvalue weighted by Gasteiger charge is -2.20. The molecule has 76 valence electrons. The van der Waals surface area contributed by atoms with E-state index in [-0.39, 0.29) is 12.6 Å². The van der Waals surface area contributed by atoms with E-state index in [1.165, 1.54) is 4.90 Å². The van der Waals surface area contributed by atoms with Gasteiger partial charge in [0.05, 0.1) is 6.61 Å². The summed E-state index contributed by atoms with van der Waals surface area (Å²) < 4.78 is 0. The van der Waals surface area contributed by atoms with Gasteiger partial charge in [0.25, 0.3) is 0 Å². The topological polar surface area (TPSA) is 52.6 Å². The van der Waals surface area contributed by atoms with Gasteiger partial charge in [-0.05, 0) is 6.42 Å². The van der Waals surface area contributed by atoms with Gasteiger partial charge < -0.3 is 15.3 Å². The fourth-order valence-electron chi connectivity index (χ4n) is 0.896. The van der Waals surface area contributed by atoms with Crippen molar-refractivity contribution in [2.75, 3.05) is 26.2 Å². The molecule has 0 rings (SSSR count). The van der Waals surface area contributed by atoms with Gasteiger partial charge in [0.15, 0.2) is 0 Å². The quantitative estimate of drug-likeness (QED) is 0.596. The maximum atomic E-state index is 11.3. The molecule has 0 fully saturated rings. The highest BCUT2D eigenvalue weighted by Gasteiger charge is 2.09. The Labute approximate surface area is 79.2 Å². The van der Waals surface area contributed by atoms with Gasteiger partial charge in [0.1, 0.15) is 0 Å². The molecule has 0 saturated heterocycles. The zero-order chi connectivity index (χ0) is 10.1. The Morgan fingerprint density at radius 1 is 1.69 bits per heavy atom. The van der Waals surface area contributed by atoms with Crippen LogP contribution in [0, 0.1) is 0 Å². The molecule has 0 aliphatic carbocycles. The highest BCUT2D eigenvalue weighted by molar-refractivity contribution is 5.74. The Morgan fingerprint density at radius 2 is 2.38 bits per heavy atom. The van der Waals surface area contributed by atoms with E-state index in [2.05, 4.69) is 11.9 Å². The predicted molar refractivity (Wildman–Crippen MR) is 52.5 cm³/mol. The first-order valence-corrected chi connectivity index (χ1v) is 4.50. The Morgan fingerprint density at radius 3 is 2.85 bits per heavy atom. The molecule has 4 heteroatoms. The molecule has 2 amide bonds. The summed E-state index contributed by atoms with van der Waals surface area (Å²) in [4.78, 5) is 12.9. The molecule has 0 aliphatic heterocycles. The Balaban J connectivity index is 3.87. The normalized spacial score (nSPS) is 9.38. The third kappa shape index (κ3) is 5.25. The lowest BCUT2D eigenvalue weighted by atomic mass is 10.4. The van der Waals surface area contributed by atoms with Crippen molar-refractivity contribution in [3.05, 3.63) is 12.7 Å². The van der Waals surface area contributed by atoms with Gasteiger partial charge in [0, 0.05) is 19.6 Å². The Bertz CT molecular complexity index is 160. The first-order valence-electron chi connectivity index (χ1n) is 4.50. The SMILES string of the molecule is C=CCN(CCO)C(=O)NCCC. The van der Waals surface area contributed by atoms with Gasteiger partial charge in [0.2, 0.25) is 0 Å². The summed E-state index contributed by atoms with van der Waals surface area (Å²) in [7, 11) is 0. The summed E-state index contributed by atoms with van der Waals surface area (Å²) in [5, 5.41) is 11.4. The Hall–Kier alpha value is -1.03. The second-order valence-corrected chi connectivity index (χ2v) is 2.69. The van der Waals surface area contributed by atoms with E-state index < -0.39 is 0 Å². The van der Waals surface area contributed by atoms with Crippen molar-refractivity contribution in [2.45, 2.75) is 13.3 Å². The van der Waals surface area contributed by atoms with Gasteiger partial charge >= 0.3 is 6.03 Å². The lowest BCUT2D eigenvalue weighted by molar-refractivity contribution is 0.184.